The van der Waals surface area contributed by atoms with Crippen molar-refractivity contribution in [1.29, 1.82) is 0 Å². The van der Waals surface area contributed by atoms with Gasteiger partial charge in [-0.05, 0) is 55.5 Å². The van der Waals surface area contributed by atoms with Crippen LogP contribution in [0.15, 0.2) is 42.5 Å². The summed E-state index contributed by atoms with van der Waals surface area (Å²) in [7, 11) is 0. The summed E-state index contributed by atoms with van der Waals surface area (Å²) in [4.78, 5) is 38.7. The monoisotopic (exact) mass is 377 g/mol. The minimum absolute atomic E-state index is 0.101. The number of hydrogen-bond donors (Lipinski definition) is 0. The predicted molar refractivity (Wildman–Crippen MR) is 105 cm³/mol. The van der Waals surface area contributed by atoms with Crippen LogP contribution in [0.25, 0.3) is 0 Å². The number of anilines is 1. The molecular formula is C23H23NO4. The van der Waals surface area contributed by atoms with Gasteiger partial charge in [-0.25, -0.2) is 0 Å². The first-order chi connectivity index (χ1) is 13.5. The van der Waals surface area contributed by atoms with Crippen molar-refractivity contribution in [2.24, 2.45) is 5.92 Å². The number of esters is 1. The van der Waals surface area contributed by atoms with Crippen molar-refractivity contribution in [3.63, 3.8) is 0 Å². The number of amides is 1. The van der Waals surface area contributed by atoms with Crippen LogP contribution in [0.2, 0.25) is 0 Å². The maximum atomic E-state index is 12.4. The minimum Gasteiger partial charge on any atom is -0.457 e. The standard InChI is InChI=1S/C23H23NO4/c1-15-5-9-20(10-6-15)24-13-19(12-22(24)26)23(27)28-14-21(25)18-8-7-16-3-2-4-17(16)11-18/h5-11,19H,2-4,12-14H2,1H3. The van der Waals surface area contributed by atoms with Crippen LogP contribution in [-0.2, 0) is 27.2 Å². The number of carbonyl (C=O) groups is 3. The first kappa shape index (κ1) is 18.4. The van der Waals surface area contributed by atoms with E-state index in [9.17, 15) is 14.4 Å². The van der Waals surface area contributed by atoms with Crippen LogP contribution >= 0.6 is 0 Å². The van der Waals surface area contributed by atoms with Crippen molar-refractivity contribution in [2.45, 2.75) is 32.6 Å². The van der Waals surface area contributed by atoms with Crippen molar-refractivity contribution >= 4 is 23.3 Å². The van der Waals surface area contributed by atoms with Gasteiger partial charge >= 0.3 is 5.97 Å². The number of fused-ring (bicyclic) bond motifs is 1. The second-order valence-corrected chi connectivity index (χ2v) is 7.61. The molecule has 0 spiro atoms. The van der Waals surface area contributed by atoms with Gasteiger partial charge in [0.25, 0.3) is 0 Å². The minimum atomic E-state index is -0.540. The Labute approximate surface area is 164 Å². The van der Waals surface area contributed by atoms with Gasteiger partial charge < -0.3 is 9.64 Å². The van der Waals surface area contributed by atoms with E-state index in [4.69, 9.17) is 4.74 Å². The van der Waals surface area contributed by atoms with Gasteiger partial charge in [0.2, 0.25) is 5.91 Å². The normalized spacial score (nSPS) is 18.2. The second-order valence-electron chi connectivity index (χ2n) is 7.61. The van der Waals surface area contributed by atoms with Crippen LogP contribution < -0.4 is 4.90 Å². The first-order valence-corrected chi connectivity index (χ1v) is 9.70. The molecule has 2 aromatic rings. The molecule has 1 fully saturated rings. The van der Waals surface area contributed by atoms with Gasteiger partial charge in [0.05, 0.1) is 5.92 Å². The van der Waals surface area contributed by atoms with Gasteiger partial charge in [0.15, 0.2) is 12.4 Å². The third-order valence-corrected chi connectivity index (χ3v) is 5.57. The van der Waals surface area contributed by atoms with Gasteiger partial charge in [0.1, 0.15) is 0 Å². The van der Waals surface area contributed by atoms with Crippen LogP contribution in [0.1, 0.15) is 39.9 Å². The second kappa shape index (κ2) is 7.58. The van der Waals surface area contributed by atoms with Crippen molar-refractivity contribution in [2.75, 3.05) is 18.1 Å². The van der Waals surface area contributed by atoms with Crippen LogP contribution in [0.5, 0.6) is 0 Å². The summed E-state index contributed by atoms with van der Waals surface area (Å²) < 4.78 is 5.25. The number of nitrogens with zero attached hydrogens (tertiary/aromatic N) is 1. The lowest BCUT2D eigenvalue weighted by atomic mass is 10.0. The highest BCUT2D eigenvalue weighted by molar-refractivity contribution is 6.01. The Kier molecular flexibility index (Phi) is 4.99. The highest BCUT2D eigenvalue weighted by Crippen LogP contribution is 2.26. The Morgan fingerprint density at radius 1 is 1.07 bits per heavy atom. The fraction of sp³-hybridized carbons (Fsp3) is 0.348. The lowest BCUT2D eigenvalue weighted by Crippen LogP contribution is -2.27. The van der Waals surface area contributed by atoms with Crippen LogP contribution in [0, 0.1) is 12.8 Å². The van der Waals surface area contributed by atoms with Gasteiger partial charge in [-0.3, -0.25) is 14.4 Å². The Balaban J connectivity index is 1.34. The topological polar surface area (TPSA) is 63.7 Å². The van der Waals surface area contributed by atoms with E-state index in [1.54, 1.807) is 11.0 Å². The molecule has 0 aromatic heterocycles. The molecule has 28 heavy (non-hydrogen) atoms. The Morgan fingerprint density at radius 2 is 1.82 bits per heavy atom. The Bertz CT molecular complexity index is 932. The van der Waals surface area contributed by atoms with Crippen molar-refractivity contribution in [3.8, 4) is 0 Å². The number of ether oxygens (including phenoxy) is 1. The zero-order valence-electron chi connectivity index (χ0n) is 15.9. The van der Waals surface area contributed by atoms with Crippen LogP contribution in [0.4, 0.5) is 5.69 Å². The molecular weight excluding hydrogens is 354 g/mol. The summed E-state index contributed by atoms with van der Waals surface area (Å²) >= 11 is 0. The zero-order valence-corrected chi connectivity index (χ0v) is 15.9. The van der Waals surface area contributed by atoms with E-state index in [1.165, 1.54) is 11.1 Å². The number of ketones is 1. The summed E-state index contributed by atoms with van der Waals surface area (Å²) in [5, 5.41) is 0. The molecule has 1 amide bonds. The summed E-state index contributed by atoms with van der Waals surface area (Å²) in [6.45, 7) is 1.98. The van der Waals surface area contributed by atoms with Crippen LogP contribution in [0.3, 0.4) is 0 Å². The van der Waals surface area contributed by atoms with E-state index in [-0.39, 0.29) is 31.3 Å². The predicted octanol–water partition coefficient (Wildman–Crippen LogP) is 3.26. The largest absolute Gasteiger partial charge is 0.457 e. The summed E-state index contributed by atoms with van der Waals surface area (Å²) in [6.07, 6.45) is 3.29. The molecule has 2 aliphatic rings. The maximum absolute atomic E-state index is 12.4. The lowest BCUT2D eigenvalue weighted by molar-refractivity contribution is -0.147. The van der Waals surface area contributed by atoms with E-state index in [0.717, 1.165) is 30.5 Å². The lowest BCUT2D eigenvalue weighted by Gasteiger charge is -2.16. The summed E-state index contributed by atoms with van der Waals surface area (Å²) in [5.41, 5.74) is 4.98. The Morgan fingerprint density at radius 3 is 2.61 bits per heavy atom. The average molecular weight is 377 g/mol. The van der Waals surface area contributed by atoms with Gasteiger partial charge in [-0.15, -0.1) is 0 Å². The van der Waals surface area contributed by atoms with E-state index in [0.29, 0.717) is 5.56 Å². The maximum Gasteiger partial charge on any atom is 0.311 e. The molecule has 144 valence electrons. The third kappa shape index (κ3) is 3.70. The van der Waals surface area contributed by atoms with E-state index < -0.39 is 11.9 Å². The van der Waals surface area contributed by atoms with E-state index >= 15 is 0 Å². The van der Waals surface area contributed by atoms with Crippen molar-refractivity contribution < 1.29 is 19.1 Å². The molecule has 1 aliphatic heterocycles. The number of benzene rings is 2. The van der Waals surface area contributed by atoms with Gasteiger partial charge in [-0.1, -0.05) is 29.8 Å². The molecule has 0 radical (unpaired) electrons. The zero-order chi connectivity index (χ0) is 19.7. The molecule has 4 rings (SSSR count). The SMILES string of the molecule is Cc1ccc(N2CC(C(=O)OCC(=O)c3ccc4c(c3)CCC4)CC2=O)cc1. The number of rotatable bonds is 5. The molecule has 5 nitrogen and oxygen atoms in total. The third-order valence-electron chi connectivity index (χ3n) is 5.57. The molecule has 1 atom stereocenters. The quantitative estimate of drug-likeness (QED) is 0.593. The number of aryl methyl sites for hydroxylation is 3. The summed E-state index contributed by atoms with van der Waals surface area (Å²) in [6, 6.07) is 13.3. The molecule has 1 saturated heterocycles. The molecule has 1 unspecified atom stereocenters. The highest BCUT2D eigenvalue weighted by atomic mass is 16.5. The molecule has 5 heteroatoms. The van der Waals surface area contributed by atoms with Gasteiger partial charge in [0, 0.05) is 24.2 Å². The summed E-state index contributed by atoms with van der Waals surface area (Å²) in [5.74, 6) is -1.34. The highest BCUT2D eigenvalue weighted by Gasteiger charge is 2.36. The molecule has 2 aromatic carbocycles. The number of Topliss-reactive ketones (excluding diaryl/α,β-unsaturated/α-hetero) is 1. The van der Waals surface area contributed by atoms with Crippen molar-refractivity contribution in [1.82, 2.24) is 0 Å². The molecule has 0 saturated carbocycles. The molecule has 1 aliphatic carbocycles. The van der Waals surface area contributed by atoms with Gasteiger partial charge in [-0.2, -0.15) is 0 Å². The van der Waals surface area contributed by atoms with Crippen molar-refractivity contribution in [3.05, 3.63) is 64.7 Å². The smallest absolute Gasteiger partial charge is 0.311 e. The molecule has 1 heterocycles. The number of hydrogen-bond acceptors (Lipinski definition) is 4. The molecule has 0 N–H and O–H groups in total. The Hall–Kier alpha value is -2.95. The molecule has 0 bridgehead atoms. The van der Waals surface area contributed by atoms with E-state index in [2.05, 4.69) is 0 Å². The van der Waals surface area contributed by atoms with Crippen LogP contribution in [-0.4, -0.2) is 30.8 Å². The fourth-order valence-corrected chi connectivity index (χ4v) is 3.92. The average Bonchev–Trinajstić information content (AvgIpc) is 3.32. The van der Waals surface area contributed by atoms with E-state index in [1.807, 2.05) is 43.3 Å². The first-order valence-electron chi connectivity index (χ1n) is 9.70. The fourth-order valence-electron chi connectivity index (χ4n) is 3.92. The number of carbonyl (C=O) groups excluding carboxylic acids is 3.